The number of hydrogen-bond donors (Lipinski definition) is 4. The molecular formula is C32H32FN3O5. The molecule has 0 unspecified atom stereocenters. The van der Waals surface area contributed by atoms with Gasteiger partial charge in [0.05, 0.1) is 23.2 Å². The van der Waals surface area contributed by atoms with Gasteiger partial charge in [0.2, 0.25) is 5.91 Å². The van der Waals surface area contributed by atoms with Gasteiger partial charge in [0.1, 0.15) is 0 Å². The molecule has 9 heteroatoms. The number of nitrogens with one attached hydrogen (secondary N) is 2. The van der Waals surface area contributed by atoms with Crippen molar-refractivity contribution in [3.05, 3.63) is 108 Å². The highest BCUT2D eigenvalue weighted by Gasteiger charge is 2.28. The summed E-state index contributed by atoms with van der Waals surface area (Å²) >= 11 is 0. The summed E-state index contributed by atoms with van der Waals surface area (Å²) in [6.45, 7) is 2.10. The fraction of sp³-hybridized carbons (Fsp3) is 0.188. The summed E-state index contributed by atoms with van der Waals surface area (Å²) in [4.78, 5) is 25.5. The average molecular weight is 558 g/mol. The third-order valence-corrected chi connectivity index (χ3v) is 6.38. The van der Waals surface area contributed by atoms with Crippen LogP contribution in [0.2, 0.25) is 0 Å². The van der Waals surface area contributed by atoms with E-state index in [2.05, 4.69) is 10.6 Å². The highest BCUT2D eigenvalue weighted by Crippen LogP contribution is 2.31. The van der Waals surface area contributed by atoms with Gasteiger partial charge in [-0.3, -0.25) is 10.1 Å². The standard InChI is InChI=1S/C32H32FN3O5/c1-2-40-29(16-7-8-17-30(38)35-27-14-6-5-13-25(27)34)31(22-18-19-28(37)24(33)20-22)41-32(39)36-26-15-9-11-21-10-3-4-12-23(21)26/h3-6,8-15,17-20,29,31,37H,2,7,16,34H2,1H3,(H,35,38)(H,36,39)/b17-8+/t29-,31-/m0/s1. The van der Waals surface area contributed by atoms with Crippen molar-refractivity contribution in [2.45, 2.75) is 32.0 Å². The molecule has 4 aromatic rings. The zero-order valence-electron chi connectivity index (χ0n) is 22.5. The number of para-hydroxylation sites is 2. The van der Waals surface area contributed by atoms with E-state index in [9.17, 15) is 19.1 Å². The monoisotopic (exact) mass is 557 g/mol. The fourth-order valence-corrected chi connectivity index (χ4v) is 4.42. The Bertz CT molecular complexity index is 1540. The van der Waals surface area contributed by atoms with Crippen LogP contribution in [0, 0.1) is 5.82 Å². The first-order chi connectivity index (χ1) is 19.9. The first-order valence-electron chi connectivity index (χ1n) is 13.2. The van der Waals surface area contributed by atoms with Crippen LogP contribution in [0.5, 0.6) is 5.75 Å². The maximum Gasteiger partial charge on any atom is 0.412 e. The van der Waals surface area contributed by atoms with Crippen LogP contribution in [0.25, 0.3) is 10.8 Å². The van der Waals surface area contributed by atoms with Gasteiger partial charge in [0.15, 0.2) is 17.7 Å². The highest BCUT2D eigenvalue weighted by atomic mass is 19.1. The lowest BCUT2D eigenvalue weighted by Crippen LogP contribution is -2.29. The summed E-state index contributed by atoms with van der Waals surface area (Å²) in [6.07, 6.45) is 1.36. The molecule has 4 aromatic carbocycles. The molecule has 0 saturated carbocycles. The molecule has 2 amide bonds. The molecule has 4 rings (SSSR count). The van der Waals surface area contributed by atoms with E-state index >= 15 is 0 Å². The smallest absolute Gasteiger partial charge is 0.412 e. The Morgan fingerprint density at radius 2 is 1.71 bits per heavy atom. The van der Waals surface area contributed by atoms with Gasteiger partial charge < -0.3 is 25.6 Å². The number of carbonyl (C=O) groups is 2. The molecule has 5 N–H and O–H groups in total. The molecule has 0 aliphatic heterocycles. The topological polar surface area (TPSA) is 123 Å². The molecule has 8 nitrogen and oxygen atoms in total. The predicted molar refractivity (Wildman–Crippen MR) is 158 cm³/mol. The molecule has 0 radical (unpaired) electrons. The van der Waals surface area contributed by atoms with E-state index in [1.54, 1.807) is 43.3 Å². The van der Waals surface area contributed by atoms with E-state index < -0.39 is 29.9 Å². The Balaban J connectivity index is 1.49. The molecule has 0 aromatic heterocycles. The molecular weight excluding hydrogens is 525 g/mol. The van der Waals surface area contributed by atoms with Crippen LogP contribution >= 0.6 is 0 Å². The molecule has 0 fully saturated rings. The van der Waals surface area contributed by atoms with Crippen molar-refractivity contribution in [3.63, 3.8) is 0 Å². The summed E-state index contributed by atoms with van der Waals surface area (Å²) < 4.78 is 26.1. The van der Waals surface area contributed by atoms with Gasteiger partial charge in [-0.25, -0.2) is 9.18 Å². The van der Waals surface area contributed by atoms with E-state index in [0.29, 0.717) is 42.1 Å². The lowest BCUT2D eigenvalue weighted by molar-refractivity contribution is -0.111. The predicted octanol–water partition coefficient (Wildman–Crippen LogP) is 6.94. The highest BCUT2D eigenvalue weighted by molar-refractivity contribution is 6.01. The number of nitrogens with two attached hydrogens (primary N) is 1. The number of allylic oxidation sites excluding steroid dienone is 1. The number of phenols is 1. The Labute approximate surface area is 237 Å². The molecule has 0 aliphatic carbocycles. The van der Waals surface area contributed by atoms with Crippen LogP contribution in [0.15, 0.2) is 97.1 Å². The van der Waals surface area contributed by atoms with E-state index in [1.165, 1.54) is 18.2 Å². The average Bonchev–Trinajstić information content (AvgIpc) is 2.96. The Morgan fingerprint density at radius 1 is 0.976 bits per heavy atom. The minimum Gasteiger partial charge on any atom is -0.505 e. The van der Waals surface area contributed by atoms with Crippen molar-refractivity contribution in [1.82, 2.24) is 0 Å². The van der Waals surface area contributed by atoms with Gasteiger partial charge in [-0.15, -0.1) is 0 Å². The molecule has 2 atom stereocenters. The molecule has 0 heterocycles. The number of benzene rings is 4. The van der Waals surface area contributed by atoms with E-state index in [1.807, 2.05) is 36.4 Å². The lowest BCUT2D eigenvalue weighted by Gasteiger charge is -2.27. The number of nitrogen functional groups attached to an aromatic ring is 1. The van der Waals surface area contributed by atoms with Crippen molar-refractivity contribution in [3.8, 4) is 5.75 Å². The van der Waals surface area contributed by atoms with E-state index in [0.717, 1.165) is 16.8 Å². The van der Waals surface area contributed by atoms with Gasteiger partial charge in [-0.1, -0.05) is 60.7 Å². The normalized spacial score (nSPS) is 12.6. The number of phenolic OH excluding ortho intramolecular Hbond substituents is 1. The van der Waals surface area contributed by atoms with Gasteiger partial charge >= 0.3 is 6.09 Å². The van der Waals surface area contributed by atoms with Crippen molar-refractivity contribution < 1.29 is 28.6 Å². The number of amides is 2. The number of rotatable bonds is 11. The molecule has 212 valence electrons. The summed E-state index contributed by atoms with van der Waals surface area (Å²) in [7, 11) is 0. The minimum absolute atomic E-state index is 0.299. The van der Waals surface area contributed by atoms with Crippen LogP contribution in [0.4, 0.5) is 26.2 Å². The van der Waals surface area contributed by atoms with Crippen LogP contribution in [0.3, 0.4) is 0 Å². The van der Waals surface area contributed by atoms with Crippen molar-refractivity contribution >= 4 is 39.8 Å². The van der Waals surface area contributed by atoms with Gasteiger partial charge in [-0.2, -0.15) is 0 Å². The number of ether oxygens (including phenoxy) is 2. The lowest BCUT2D eigenvalue weighted by atomic mass is 9.99. The Hall–Kier alpha value is -4.89. The summed E-state index contributed by atoms with van der Waals surface area (Å²) in [5.74, 6) is -1.72. The number of anilines is 3. The second kappa shape index (κ2) is 14.0. The van der Waals surface area contributed by atoms with Crippen LogP contribution in [-0.2, 0) is 14.3 Å². The van der Waals surface area contributed by atoms with Crippen molar-refractivity contribution in [2.75, 3.05) is 23.0 Å². The van der Waals surface area contributed by atoms with Crippen LogP contribution in [0.1, 0.15) is 31.4 Å². The number of hydrogen-bond acceptors (Lipinski definition) is 6. The zero-order chi connectivity index (χ0) is 29.2. The first kappa shape index (κ1) is 29.1. The van der Waals surface area contributed by atoms with Gasteiger partial charge in [-0.05, 0) is 67.1 Å². The molecule has 0 bridgehead atoms. The van der Waals surface area contributed by atoms with Gasteiger partial charge in [0.25, 0.3) is 0 Å². The number of carbonyl (C=O) groups excluding carboxylic acids is 2. The minimum atomic E-state index is -1.01. The van der Waals surface area contributed by atoms with E-state index in [4.69, 9.17) is 15.2 Å². The molecule has 0 spiro atoms. The van der Waals surface area contributed by atoms with Crippen LogP contribution in [-0.4, -0.2) is 29.8 Å². The van der Waals surface area contributed by atoms with Crippen molar-refractivity contribution in [2.24, 2.45) is 0 Å². The summed E-state index contributed by atoms with van der Waals surface area (Å²) in [6, 6.07) is 23.8. The molecule has 41 heavy (non-hydrogen) atoms. The van der Waals surface area contributed by atoms with E-state index in [-0.39, 0.29) is 5.91 Å². The largest absolute Gasteiger partial charge is 0.505 e. The molecule has 0 saturated heterocycles. The Morgan fingerprint density at radius 3 is 2.49 bits per heavy atom. The first-order valence-corrected chi connectivity index (χ1v) is 13.2. The van der Waals surface area contributed by atoms with Crippen molar-refractivity contribution in [1.29, 1.82) is 0 Å². The third kappa shape index (κ3) is 7.83. The maximum atomic E-state index is 14.3. The SMILES string of the molecule is CCO[C@@H](CC/C=C/C(=O)Nc1ccccc1N)[C@@H](OC(=O)Nc1cccc2ccccc12)c1ccc(O)c(F)c1. The number of fused-ring (bicyclic) bond motifs is 1. The Kier molecular flexibility index (Phi) is 9.90. The second-order valence-corrected chi connectivity index (χ2v) is 9.24. The maximum absolute atomic E-state index is 14.3. The van der Waals surface area contributed by atoms with Gasteiger partial charge in [0, 0.05) is 12.0 Å². The third-order valence-electron chi connectivity index (χ3n) is 6.38. The zero-order valence-corrected chi connectivity index (χ0v) is 22.5. The number of halogens is 1. The summed E-state index contributed by atoms with van der Waals surface area (Å²) in [5, 5.41) is 17.0. The second-order valence-electron chi connectivity index (χ2n) is 9.24. The quantitative estimate of drug-likeness (QED) is 0.117. The van der Waals surface area contributed by atoms with Crippen LogP contribution < -0.4 is 16.4 Å². The summed E-state index contributed by atoms with van der Waals surface area (Å²) in [5.41, 5.74) is 7.71. The number of aromatic hydroxyl groups is 1. The molecule has 0 aliphatic rings. The fourth-order valence-electron chi connectivity index (χ4n) is 4.42.